The highest BCUT2D eigenvalue weighted by atomic mass is 15.0. The minimum absolute atomic E-state index is 0.373. The minimum Gasteiger partial charge on any atom is -0.337 e. The van der Waals surface area contributed by atoms with E-state index in [4.69, 9.17) is 0 Å². The molecule has 1 unspecified atom stereocenters. The molecule has 0 amide bonds. The van der Waals surface area contributed by atoms with Crippen LogP contribution in [0.1, 0.15) is 37.6 Å². The van der Waals surface area contributed by atoms with E-state index >= 15 is 0 Å². The van der Waals surface area contributed by atoms with Gasteiger partial charge in [0.05, 0.1) is 6.04 Å². The monoisotopic (exact) mass is 263 g/mol. The van der Waals surface area contributed by atoms with Gasteiger partial charge in [0, 0.05) is 11.2 Å². The zero-order chi connectivity index (χ0) is 13.9. The lowest BCUT2D eigenvalue weighted by Crippen LogP contribution is -2.09. The summed E-state index contributed by atoms with van der Waals surface area (Å²) in [7, 11) is 0. The van der Waals surface area contributed by atoms with Crippen molar-refractivity contribution in [1.82, 2.24) is 4.57 Å². The maximum atomic E-state index is 2.49. The predicted octanol–water partition coefficient (Wildman–Crippen LogP) is 5.20. The van der Waals surface area contributed by atoms with Crippen LogP contribution < -0.4 is 0 Å². The third-order valence-electron chi connectivity index (χ3n) is 4.00. The maximum absolute atomic E-state index is 2.49. The first-order valence-corrected chi connectivity index (χ1v) is 7.45. The van der Waals surface area contributed by atoms with E-state index in [9.17, 15) is 0 Å². The second-order valence-electron chi connectivity index (χ2n) is 5.40. The molecule has 0 fully saturated rings. The number of hydrogen-bond donors (Lipinski definition) is 0. The number of rotatable bonds is 4. The second kappa shape index (κ2) is 5.54. The van der Waals surface area contributed by atoms with Gasteiger partial charge >= 0.3 is 0 Å². The molecule has 0 aliphatic rings. The van der Waals surface area contributed by atoms with Crippen molar-refractivity contribution < 1.29 is 0 Å². The van der Waals surface area contributed by atoms with Crippen LogP contribution in [-0.4, -0.2) is 4.57 Å². The summed E-state index contributed by atoms with van der Waals surface area (Å²) >= 11 is 0. The van der Waals surface area contributed by atoms with Crippen LogP contribution in [0.3, 0.4) is 0 Å². The lowest BCUT2D eigenvalue weighted by atomic mass is 10.1. The zero-order valence-electron chi connectivity index (χ0n) is 12.2. The first kappa shape index (κ1) is 13.0. The molecule has 3 aromatic rings. The summed E-state index contributed by atoms with van der Waals surface area (Å²) in [5.74, 6) is 0. The van der Waals surface area contributed by atoms with Gasteiger partial charge in [-0.1, -0.05) is 61.9 Å². The number of aryl methyl sites for hydroxylation is 1. The largest absolute Gasteiger partial charge is 0.337 e. The molecule has 2 aromatic carbocycles. The van der Waals surface area contributed by atoms with Crippen molar-refractivity contribution >= 4 is 10.9 Å². The molecule has 102 valence electrons. The van der Waals surface area contributed by atoms with Crippen LogP contribution in [0.15, 0.2) is 60.7 Å². The average molecular weight is 263 g/mol. The number of hydrogen-bond acceptors (Lipinski definition) is 0. The van der Waals surface area contributed by atoms with Crippen molar-refractivity contribution in [2.75, 3.05) is 0 Å². The number of para-hydroxylation sites is 1. The SMILES string of the molecule is CCCc1cc2ccccc2n1C(C)c1ccccc1. The molecule has 0 saturated heterocycles. The lowest BCUT2D eigenvalue weighted by Gasteiger charge is -2.19. The van der Waals surface area contributed by atoms with E-state index in [1.54, 1.807) is 0 Å². The van der Waals surface area contributed by atoms with Gasteiger partial charge in [-0.25, -0.2) is 0 Å². The summed E-state index contributed by atoms with van der Waals surface area (Å²) in [6.07, 6.45) is 2.31. The van der Waals surface area contributed by atoms with Crippen LogP contribution in [0.25, 0.3) is 10.9 Å². The molecule has 1 nitrogen and oxygen atoms in total. The van der Waals surface area contributed by atoms with Crippen LogP contribution in [0, 0.1) is 0 Å². The van der Waals surface area contributed by atoms with Gasteiger partial charge in [-0.2, -0.15) is 0 Å². The average Bonchev–Trinajstić information content (AvgIpc) is 2.86. The molecule has 0 aliphatic carbocycles. The molecule has 1 heterocycles. The number of benzene rings is 2. The van der Waals surface area contributed by atoms with Gasteiger partial charge in [0.15, 0.2) is 0 Å². The smallest absolute Gasteiger partial charge is 0.0560 e. The van der Waals surface area contributed by atoms with E-state index in [1.165, 1.54) is 28.6 Å². The van der Waals surface area contributed by atoms with Crippen LogP contribution in [0.5, 0.6) is 0 Å². The number of fused-ring (bicyclic) bond motifs is 1. The zero-order valence-corrected chi connectivity index (χ0v) is 12.2. The molecule has 0 N–H and O–H groups in total. The van der Waals surface area contributed by atoms with Gasteiger partial charge < -0.3 is 4.57 Å². The Labute approximate surface area is 120 Å². The number of nitrogens with zero attached hydrogens (tertiary/aromatic N) is 1. The molecule has 3 rings (SSSR count). The quantitative estimate of drug-likeness (QED) is 0.609. The Morgan fingerprint density at radius 3 is 2.40 bits per heavy atom. The Balaban J connectivity index is 2.15. The highest BCUT2D eigenvalue weighted by Crippen LogP contribution is 2.28. The topological polar surface area (TPSA) is 4.93 Å². The molecule has 20 heavy (non-hydrogen) atoms. The first-order valence-electron chi connectivity index (χ1n) is 7.45. The standard InChI is InChI=1S/C19H21N/c1-3-9-18-14-17-12-7-8-13-19(17)20(18)15(2)16-10-5-4-6-11-16/h4-8,10-15H,3,9H2,1-2H3. The van der Waals surface area contributed by atoms with Gasteiger partial charge in [0.1, 0.15) is 0 Å². The fourth-order valence-electron chi connectivity index (χ4n) is 3.02. The first-order chi connectivity index (χ1) is 9.81. The van der Waals surface area contributed by atoms with Crippen molar-refractivity contribution in [3.05, 3.63) is 71.9 Å². The van der Waals surface area contributed by atoms with E-state index < -0.39 is 0 Å². The Hall–Kier alpha value is -2.02. The van der Waals surface area contributed by atoms with Gasteiger partial charge in [-0.3, -0.25) is 0 Å². The van der Waals surface area contributed by atoms with Gasteiger partial charge in [0.2, 0.25) is 0 Å². The van der Waals surface area contributed by atoms with E-state index in [-0.39, 0.29) is 0 Å². The number of aromatic nitrogens is 1. The molecule has 0 bridgehead atoms. The van der Waals surface area contributed by atoms with Crippen molar-refractivity contribution in [2.24, 2.45) is 0 Å². The summed E-state index contributed by atoms with van der Waals surface area (Å²) < 4.78 is 2.49. The molecule has 0 aliphatic heterocycles. The molecule has 1 aromatic heterocycles. The van der Waals surface area contributed by atoms with E-state index in [1.807, 2.05) is 0 Å². The van der Waals surface area contributed by atoms with E-state index in [2.05, 4.69) is 79.1 Å². The highest BCUT2D eigenvalue weighted by Gasteiger charge is 2.14. The van der Waals surface area contributed by atoms with Crippen molar-refractivity contribution in [3.8, 4) is 0 Å². The predicted molar refractivity (Wildman–Crippen MR) is 86.2 cm³/mol. The summed E-state index contributed by atoms with van der Waals surface area (Å²) in [6, 6.07) is 22.2. The van der Waals surface area contributed by atoms with Gasteiger partial charge in [0.25, 0.3) is 0 Å². The summed E-state index contributed by atoms with van der Waals surface area (Å²) in [5.41, 5.74) is 4.14. The van der Waals surface area contributed by atoms with Crippen molar-refractivity contribution in [1.29, 1.82) is 0 Å². The highest BCUT2D eigenvalue weighted by molar-refractivity contribution is 5.81. The van der Waals surface area contributed by atoms with Crippen LogP contribution in [0.4, 0.5) is 0 Å². The molecule has 1 atom stereocenters. The second-order valence-corrected chi connectivity index (χ2v) is 5.40. The van der Waals surface area contributed by atoms with Gasteiger partial charge in [-0.05, 0) is 36.4 Å². The Morgan fingerprint density at radius 1 is 0.950 bits per heavy atom. The third kappa shape index (κ3) is 2.24. The van der Waals surface area contributed by atoms with Crippen LogP contribution in [-0.2, 0) is 6.42 Å². The summed E-state index contributed by atoms with van der Waals surface area (Å²) in [5, 5.41) is 1.35. The van der Waals surface area contributed by atoms with Crippen LogP contribution >= 0.6 is 0 Å². The fraction of sp³-hybridized carbons (Fsp3) is 0.263. The lowest BCUT2D eigenvalue weighted by molar-refractivity contribution is 0.625. The molecule has 0 spiro atoms. The Bertz CT molecular complexity index is 694. The van der Waals surface area contributed by atoms with E-state index in [0.717, 1.165) is 6.42 Å². The van der Waals surface area contributed by atoms with Gasteiger partial charge in [-0.15, -0.1) is 0 Å². The molecule has 1 heteroatoms. The molecule has 0 radical (unpaired) electrons. The van der Waals surface area contributed by atoms with Crippen molar-refractivity contribution in [3.63, 3.8) is 0 Å². The van der Waals surface area contributed by atoms with Crippen molar-refractivity contribution in [2.45, 2.75) is 32.7 Å². The summed E-state index contributed by atoms with van der Waals surface area (Å²) in [6.45, 7) is 4.54. The van der Waals surface area contributed by atoms with Crippen LogP contribution in [0.2, 0.25) is 0 Å². The summed E-state index contributed by atoms with van der Waals surface area (Å²) in [4.78, 5) is 0. The molecular formula is C19H21N. The Kier molecular flexibility index (Phi) is 3.60. The molecular weight excluding hydrogens is 242 g/mol. The maximum Gasteiger partial charge on any atom is 0.0560 e. The minimum atomic E-state index is 0.373. The molecule has 0 saturated carbocycles. The Morgan fingerprint density at radius 2 is 1.65 bits per heavy atom. The fourth-order valence-corrected chi connectivity index (χ4v) is 3.02. The third-order valence-corrected chi connectivity index (χ3v) is 4.00. The van der Waals surface area contributed by atoms with E-state index in [0.29, 0.717) is 6.04 Å². The normalized spacial score (nSPS) is 12.7.